The van der Waals surface area contributed by atoms with Crippen LogP contribution in [0.2, 0.25) is 0 Å². The molecule has 0 saturated carbocycles. The van der Waals surface area contributed by atoms with Crippen molar-refractivity contribution >= 4 is 17.7 Å². The molecular weight excluding hydrogens is 366 g/mol. The number of benzene rings is 2. The highest BCUT2D eigenvalue weighted by Crippen LogP contribution is 2.22. The van der Waals surface area contributed by atoms with Crippen LogP contribution in [0, 0.1) is 0 Å². The molecule has 2 rings (SSSR count). The minimum atomic E-state index is -0.289. The fourth-order valence-electron chi connectivity index (χ4n) is 2.64. The smallest absolute Gasteiger partial charge is 0.251 e. The van der Waals surface area contributed by atoms with Crippen LogP contribution in [0.3, 0.4) is 0 Å². The van der Waals surface area contributed by atoms with E-state index in [9.17, 15) is 14.4 Å². The van der Waals surface area contributed by atoms with Gasteiger partial charge in [0, 0.05) is 25.1 Å². The van der Waals surface area contributed by atoms with E-state index in [1.54, 1.807) is 12.1 Å². The first-order chi connectivity index (χ1) is 13.8. The highest BCUT2D eigenvalue weighted by atomic mass is 16.2. The van der Waals surface area contributed by atoms with Gasteiger partial charge in [-0.2, -0.15) is 0 Å². The van der Waals surface area contributed by atoms with E-state index in [2.05, 4.69) is 36.7 Å². The molecule has 2 aromatic carbocycles. The third-order valence-electron chi connectivity index (χ3n) is 4.43. The van der Waals surface area contributed by atoms with Crippen LogP contribution in [-0.2, 0) is 21.5 Å². The average Bonchev–Trinajstić information content (AvgIpc) is 2.71. The molecule has 0 fully saturated rings. The third-order valence-corrected chi connectivity index (χ3v) is 4.43. The van der Waals surface area contributed by atoms with Crippen molar-refractivity contribution < 1.29 is 14.4 Å². The summed E-state index contributed by atoms with van der Waals surface area (Å²) in [5.41, 5.74) is 2.73. The average molecular weight is 396 g/mol. The van der Waals surface area contributed by atoms with Crippen molar-refractivity contribution in [3.05, 3.63) is 71.3 Å². The van der Waals surface area contributed by atoms with Gasteiger partial charge in [0.2, 0.25) is 11.8 Å². The molecule has 0 saturated heterocycles. The van der Waals surface area contributed by atoms with Crippen LogP contribution < -0.4 is 16.0 Å². The van der Waals surface area contributed by atoms with E-state index >= 15 is 0 Å². The zero-order valence-electron chi connectivity index (χ0n) is 17.2. The van der Waals surface area contributed by atoms with E-state index in [0.29, 0.717) is 12.1 Å². The largest absolute Gasteiger partial charge is 0.352 e. The van der Waals surface area contributed by atoms with E-state index in [4.69, 9.17) is 0 Å². The second kappa shape index (κ2) is 10.4. The lowest BCUT2D eigenvalue weighted by Crippen LogP contribution is -2.38. The molecule has 0 radical (unpaired) electrons. The Labute approximate surface area is 172 Å². The van der Waals surface area contributed by atoms with Crippen molar-refractivity contribution in [3.63, 3.8) is 0 Å². The van der Waals surface area contributed by atoms with Gasteiger partial charge in [-0.15, -0.1) is 0 Å². The number of rotatable bonds is 8. The van der Waals surface area contributed by atoms with Crippen LogP contribution in [0.15, 0.2) is 54.6 Å². The summed E-state index contributed by atoms with van der Waals surface area (Å²) in [6, 6.07) is 17.0. The summed E-state index contributed by atoms with van der Waals surface area (Å²) in [6.45, 7) is 6.87. The number of amides is 3. The summed E-state index contributed by atoms with van der Waals surface area (Å²) < 4.78 is 0. The maximum absolute atomic E-state index is 12.2. The topological polar surface area (TPSA) is 87.3 Å². The van der Waals surface area contributed by atoms with Crippen molar-refractivity contribution in [3.8, 4) is 0 Å². The van der Waals surface area contributed by atoms with E-state index in [-0.39, 0.29) is 42.6 Å². The number of nitrogens with one attached hydrogen (secondary N) is 3. The lowest BCUT2D eigenvalue weighted by atomic mass is 9.87. The summed E-state index contributed by atoms with van der Waals surface area (Å²) in [6.07, 6.45) is 0.109. The molecule has 0 bridgehead atoms. The Morgan fingerprint density at radius 1 is 0.793 bits per heavy atom. The second-order valence-electron chi connectivity index (χ2n) is 7.87. The van der Waals surface area contributed by atoms with Gasteiger partial charge in [0.25, 0.3) is 5.91 Å². The van der Waals surface area contributed by atoms with Gasteiger partial charge in [-0.25, -0.2) is 0 Å². The van der Waals surface area contributed by atoms with Gasteiger partial charge in [0.1, 0.15) is 0 Å². The molecular formula is C23H29N3O3. The third kappa shape index (κ3) is 7.78. The minimum absolute atomic E-state index is 0.0283. The number of hydrogen-bond donors (Lipinski definition) is 3. The molecule has 0 atom stereocenters. The molecule has 0 spiro atoms. The van der Waals surface area contributed by atoms with Crippen molar-refractivity contribution in [2.75, 3.05) is 13.1 Å². The Kier molecular flexibility index (Phi) is 7.95. The van der Waals surface area contributed by atoms with Gasteiger partial charge in [0.05, 0.1) is 6.54 Å². The highest BCUT2D eigenvalue weighted by Gasteiger charge is 2.14. The quantitative estimate of drug-likeness (QED) is 0.642. The minimum Gasteiger partial charge on any atom is -0.352 e. The molecule has 3 amide bonds. The Morgan fingerprint density at radius 3 is 2.07 bits per heavy atom. The molecule has 0 aliphatic rings. The van der Waals surface area contributed by atoms with E-state index in [0.717, 1.165) is 11.1 Å². The van der Waals surface area contributed by atoms with Gasteiger partial charge >= 0.3 is 0 Å². The Hall–Kier alpha value is -3.15. The first-order valence-electron chi connectivity index (χ1n) is 9.72. The maximum atomic E-state index is 12.2. The van der Waals surface area contributed by atoms with Crippen LogP contribution in [0.25, 0.3) is 0 Å². The molecule has 29 heavy (non-hydrogen) atoms. The standard InChI is InChI=1S/C23H29N3O3/c1-23(2,3)19-11-9-18(10-12-19)22(29)24-14-13-20(27)26-16-21(28)25-15-17-7-5-4-6-8-17/h4-12H,13-16H2,1-3H3,(H,24,29)(H,25,28)(H,26,27). The lowest BCUT2D eigenvalue weighted by molar-refractivity contribution is -0.126. The van der Waals surface area contributed by atoms with Crippen molar-refractivity contribution in [2.24, 2.45) is 0 Å². The fourth-order valence-corrected chi connectivity index (χ4v) is 2.64. The highest BCUT2D eigenvalue weighted by molar-refractivity contribution is 5.94. The van der Waals surface area contributed by atoms with Gasteiger partial charge in [0.15, 0.2) is 0 Å². The Morgan fingerprint density at radius 2 is 1.45 bits per heavy atom. The number of hydrogen-bond acceptors (Lipinski definition) is 3. The van der Waals surface area contributed by atoms with Gasteiger partial charge in [-0.1, -0.05) is 63.2 Å². The van der Waals surface area contributed by atoms with Crippen molar-refractivity contribution in [1.82, 2.24) is 16.0 Å². The zero-order valence-corrected chi connectivity index (χ0v) is 17.2. The molecule has 6 heteroatoms. The van der Waals surface area contributed by atoms with Gasteiger partial charge < -0.3 is 16.0 Å². The summed E-state index contributed by atoms with van der Waals surface area (Å²) in [5, 5.41) is 8.02. The number of carbonyl (C=O) groups is 3. The van der Waals surface area contributed by atoms with Gasteiger partial charge in [-0.3, -0.25) is 14.4 Å². The van der Waals surface area contributed by atoms with Crippen molar-refractivity contribution in [2.45, 2.75) is 39.2 Å². The zero-order chi connectivity index (χ0) is 21.3. The normalized spacial score (nSPS) is 10.9. The van der Waals surface area contributed by atoms with Crippen LogP contribution in [0.4, 0.5) is 0 Å². The second-order valence-corrected chi connectivity index (χ2v) is 7.87. The van der Waals surface area contributed by atoms with E-state index in [1.165, 1.54) is 0 Å². The van der Waals surface area contributed by atoms with E-state index in [1.807, 2.05) is 42.5 Å². The molecule has 6 nitrogen and oxygen atoms in total. The van der Waals surface area contributed by atoms with Crippen LogP contribution in [0.1, 0.15) is 48.7 Å². The predicted molar refractivity (Wildman–Crippen MR) is 113 cm³/mol. The first kappa shape index (κ1) is 22.1. The summed E-state index contributed by atoms with van der Waals surface area (Å²) >= 11 is 0. The van der Waals surface area contributed by atoms with Crippen LogP contribution in [-0.4, -0.2) is 30.8 Å². The van der Waals surface area contributed by atoms with Gasteiger partial charge in [-0.05, 0) is 28.7 Å². The first-order valence-corrected chi connectivity index (χ1v) is 9.72. The molecule has 154 valence electrons. The summed E-state index contributed by atoms with van der Waals surface area (Å²) in [4.78, 5) is 35.8. The monoisotopic (exact) mass is 395 g/mol. The maximum Gasteiger partial charge on any atom is 0.251 e. The molecule has 2 aromatic rings. The predicted octanol–water partition coefficient (Wildman–Crippen LogP) is 2.54. The molecule has 0 aliphatic heterocycles. The Balaban J connectivity index is 1.64. The summed E-state index contributed by atoms with van der Waals surface area (Å²) in [7, 11) is 0. The lowest BCUT2D eigenvalue weighted by Gasteiger charge is -2.19. The van der Waals surface area contributed by atoms with Crippen LogP contribution >= 0.6 is 0 Å². The molecule has 0 heterocycles. The molecule has 0 aliphatic carbocycles. The summed E-state index contributed by atoms with van der Waals surface area (Å²) in [5.74, 6) is -0.771. The number of carbonyl (C=O) groups excluding carboxylic acids is 3. The SMILES string of the molecule is CC(C)(C)c1ccc(C(=O)NCCC(=O)NCC(=O)NCc2ccccc2)cc1. The van der Waals surface area contributed by atoms with Crippen molar-refractivity contribution in [1.29, 1.82) is 0 Å². The molecule has 0 aromatic heterocycles. The fraction of sp³-hybridized carbons (Fsp3) is 0.348. The Bertz CT molecular complexity index is 825. The molecule has 0 unspecified atom stereocenters. The molecule has 3 N–H and O–H groups in total. The van der Waals surface area contributed by atoms with Crippen LogP contribution in [0.5, 0.6) is 0 Å². The van der Waals surface area contributed by atoms with E-state index < -0.39 is 0 Å².